The van der Waals surface area contributed by atoms with Crippen LogP contribution in [0, 0.1) is 0 Å². The van der Waals surface area contributed by atoms with E-state index in [1.807, 2.05) is 0 Å². The Kier molecular flexibility index (Phi) is 9.23. The van der Waals surface area contributed by atoms with Gasteiger partial charge in [-0.2, -0.15) is 0 Å². The van der Waals surface area contributed by atoms with Crippen molar-refractivity contribution in [3.63, 3.8) is 0 Å². The van der Waals surface area contributed by atoms with Gasteiger partial charge in [-0.25, -0.2) is 0 Å². The molecule has 0 aliphatic heterocycles. The second-order valence-corrected chi connectivity index (χ2v) is 7.17. The maximum atomic E-state index is 12.5. The maximum absolute atomic E-state index is 12.5. The molecule has 154 valence electrons. The zero-order valence-electron chi connectivity index (χ0n) is 16.1. The molecule has 1 aliphatic rings. The fraction of sp³-hybridized carbons (Fsp3) is 0.550. The van der Waals surface area contributed by atoms with E-state index in [1.165, 1.54) is 13.5 Å². The molecule has 0 saturated heterocycles. The van der Waals surface area contributed by atoms with Crippen molar-refractivity contribution in [3.8, 4) is 0 Å². The largest absolute Gasteiger partial charge is 0.463 e. The van der Waals surface area contributed by atoms with Gasteiger partial charge >= 0.3 is 5.97 Å². The number of carbonyl (C=O) groups excluding carboxylic acids is 3. The summed E-state index contributed by atoms with van der Waals surface area (Å²) in [5.41, 5.74) is 0.778. The summed E-state index contributed by atoms with van der Waals surface area (Å²) in [6.45, 7) is 0.474. The molecule has 0 bridgehead atoms. The zero-order valence-corrected chi connectivity index (χ0v) is 16.8. The number of methoxy groups -OCH3 is 1. The lowest BCUT2D eigenvalue weighted by Gasteiger charge is -2.23. The molecule has 0 radical (unpaired) electrons. The average molecular weight is 411 g/mol. The highest BCUT2D eigenvalue weighted by Gasteiger charge is 2.19. The third-order valence-electron chi connectivity index (χ3n) is 4.54. The predicted octanol–water partition coefficient (Wildman–Crippen LogP) is 3.31. The van der Waals surface area contributed by atoms with Gasteiger partial charge in [-0.1, -0.05) is 30.9 Å². The van der Waals surface area contributed by atoms with E-state index in [4.69, 9.17) is 21.1 Å². The Morgan fingerprint density at radius 1 is 1.11 bits per heavy atom. The van der Waals surface area contributed by atoms with Crippen molar-refractivity contribution >= 4 is 35.1 Å². The minimum atomic E-state index is -0.462. The number of anilines is 1. The summed E-state index contributed by atoms with van der Waals surface area (Å²) >= 11 is 6.16. The van der Waals surface area contributed by atoms with Gasteiger partial charge in [-0.3, -0.25) is 14.4 Å². The quantitative estimate of drug-likeness (QED) is 0.481. The highest BCUT2D eigenvalue weighted by Crippen LogP contribution is 2.23. The van der Waals surface area contributed by atoms with E-state index in [9.17, 15) is 14.4 Å². The second-order valence-electron chi connectivity index (χ2n) is 6.76. The fourth-order valence-corrected chi connectivity index (χ4v) is 3.24. The smallest absolute Gasteiger partial charge is 0.306 e. The second kappa shape index (κ2) is 11.7. The number of nitrogens with one attached hydrogen (secondary N) is 2. The first-order chi connectivity index (χ1) is 13.5. The van der Waals surface area contributed by atoms with E-state index in [2.05, 4.69) is 10.6 Å². The van der Waals surface area contributed by atoms with Crippen LogP contribution in [0.2, 0.25) is 5.02 Å². The standard InChI is InChI=1S/C20H27ClN2O5/c1-27-11-12-28-19(25)10-9-18(24)22-15-7-8-17(21)16(13-15)20(26)23-14-5-3-2-4-6-14/h7-8,13-14H,2-6,9-12H2,1H3,(H,22,24)(H,23,26). The molecule has 1 saturated carbocycles. The van der Waals surface area contributed by atoms with Crippen LogP contribution in [0.1, 0.15) is 55.3 Å². The van der Waals surface area contributed by atoms with Crippen LogP contribution in [0.25, 0.3) is 0 Å². The lowest BCUT2D eigenvalue weighted by atomic mass is 9.95. The summed E-state index contributed by atoms with van der Waals surface area (Å²) in [7, 11) is 1.51. The third kappa shape index (κ3) is 7.48. The van der Waals surface area contributed by atoms with Crippen molar-refractivity contribution in [2.75, 3.05) is 25.6 Å². The normalized spacial score (nSPS) is 14.4. The molecule has 1 aromatic rings. The highest BCUT2D eigenvalue weighted by molar-refractivity contribution is 6.34. The van der Waals surface area contributed by atoms with Crippen LogP contribution < -0.4 is 10.6 Å². The molecule has 7 nitrogen and oxygen atoms in total. The van der Waals surface area contributed by atoms with E-state index in [-0.39, 0.29) is 37.3 Å². The maximum Gasteiger partial charge on any atom is 0.306 e. The molecule has 8 heteroatoms. The van der Waals surface area contributed by atoms with Gasteiger partial charge in [-0.05, 0) is 31.0 Å². The molecule has 0 unspecified atom stereocenters. The summed E-state index contributed by atoms with van der Waals surface area (Å²) < 4.78 is 9.69. The number of benzene rings is 1. The Bertz CT molecular complexity index is 689. The molecule has 1 fully saturated rings. The van der Waals surface area contributed by atoms with Gasteiger partial charge in [0.25, 0.3) is 5.91 Å². The molecule has 0 atom stereocenters. The Morgan fingerprint density at radius 2 is 1.86 bits per heavy atom. The molecule has 28 heavy (non-hydrogen) atoms. The van der Waals surface area contributed by atoms with Crippen molar-refractivity contribution < 1.29 is 23.9 Å². The van der Waals surface area contributed by atoms with E-state index >= 15 is 0 Å². The molecule has 0 aromatic heterocycles. The summed E-state index contributed by atoms with van der Waals surface area (Å²) in [5.74, 6) is -1.05. The molecule has 1 aromatic carbocycles. The Hall–Kier alpha value is -2.12. The molecule has 1 aliphatic carbocycles. The molecule has 2 rings (SSSR count). The average Bonchev–Trinajstić information content (AvgIpc) is 2.69. The Labute approximate surface area is 170 Å². The molecule has 2 amide bonds. The van der Waals surface area contributed by atoms with Gasteiger partial charge in [0, 0.05) is 25.3 Å². The first-order valence-corrected chi connectivity index (χ1v) is 9.92. The van der Waals surface area contributed by atoms with Gasteiger partial charge in [0.15, 0.2) is 0 Å². The van der Waals surface area contributed by atoms with E-state index in [0.29, 0.717) is 22.9 Å². The lowest BCUT2D eigenvalue weighted by Crippen LogP contribution is -2.36. The van der Waals surface area contributed by atoms with Crippen LogP contribution in [0.4, 0.5) is 5.69 Å². The number of esters is 1. The molecule has 0 heterocycles. The topological polar surface area (TPSA) is 93.7 Å². The summed E-state index contributed by atoms with van der Waals surface area (Å²) in [6.07, 6.45) is 5.33. The summed E-state index contributed by atoms with van der Waals surface area (Å²) in [4.78, 5) is 36.1. The minimum Gasteiger partial charge on any atom is -0.463 e. The predicted molar refractivity (Wildman–Crippen MR) is 106 cm³/mol. The third-order valence-corrected chi connectivity index (χ3v) is 4.87. The Morgan fingerprint density at radius 3 is 2.57 bits per heavy atom. The first kappa shape index (κ1) is 22.2. The molecule has 0 spiro atoms. The van der Waals surface area contributed by atoms with Gasteiger partial charge in [-0.15, -0.1) is 0 Å². The van der Waals surface area contributed by atoms with E-state index in [0.717, 1.165) is 25.7 Å². The van der Waals surface area contributed by atoms with Crippen molar-refractivity contribution in [1.82, 2.24) is 5.32 Å². The first-order valence-electron chi connectivity index (χ1n) is 9.54. The van der Waals surface area contributed by atoms with Crippen LogP contribution in [-0.2, 0) is 19.1 Å². The zero-order chi connectivity index (χ0) is 20.4. The molecular formula is C20H27ClN2O5. The van der Waals surface area contributed by atoms with Crippen molar-refractivity contribution in [3.05, 3.63) is 28.8 Å². The van der Waals surface area contributed by atoms with Gasteiger partial charge in [0.1, 0.15) is 6.61 Å². The van der Waals surface area contributed by atoms with Gasteiger partial charge < -0.3 is 20.1 Å². The van der Waals surface area contributed by atoms with Crippen LogP contribution in [0.5, 0.6) is 0 Å². The van der Waals surface area contributed by atoms with E-state index < -0.39 is 5.97 Å². The van der Waals surface area contributed by atoms with Crippen LogP contribution >= 0.6 is 11.6 Å². The molecule has 2 N–H and O–H groups in total. The monoisotopic (exact) mass is 410 g/mol. The number of carbonyl (C=O) groups is 3. The van der Waals surface area contributed by atoms with Gasteiger partial charge in [0.05, 0.1) is 23.6 Å². The SMILES string of the molecule is COCCOC(=O)CCC(=O)Nc1ccc(Cl)c(C(=O)NC2CCCCC2)c1. The Balaban J connectivity index is 1.86. The number of hydrogen-bond acceptors (Lipinski definition) is 5. The van der Waals surface area contributed by atoms with Crippen LogP contribution in [0.15, 0.2) is 18.2 Å². The number of ether oxygens (including phenoxy) is 2. The summed E-state index contributed by atoms with van der Waals surface area (Å²) in [5, 5.41) is 6.02. The number of hydrogen-bond donors (Lipinski definition) is 2. The van der Waals surface area contributed by atoms with Crippen molar-refractivity contribution in [2.45, 2.75) is 51.0 Å². The lowest BCUT2D eigenvalue weighted by molar-refractivity contribution is -0.145. The fourth-order valence-electron chi connectivity index (χ4n) is 3.04. The number of amides is 2. The number of halogens is 1. The van der Waals surface area contributed by atoms with Crippen molar-refractivity contribution in [2.24, 2.45) is 0 Å². The summed E-state index contributed by atoms with van der Waals surface area (Å²) in [6, 6.07) is 4.91. The number of rotatable bonds is 9. The van der Waals surface area contributed by atoms with Crippen molar-refractivity contribution in [1.29, 1.82) is 0 Å². The van der Waals surface area contributed by atoms with Crippen LogP contribution in [0.3, 0.4) is 0 Å². The van der Waals surface area contributed by atoms with E-state index in [1.54, 1.807) is 18.2 Å². The highest BCUT2D eigenvalue weighted by atomic mass is 35.5. The minimum absolute atomic E-state index is 0.0158. The van der Waals surface area contributed by atoms with Gasteiger partial charge in [0.2, 0.25) is 5.91 Å². The molecular weight excluding hydrogens is 384 g/mol. The van der Waals surface area contributed by atoms with Crippen LogP contribution in [-0.4, -0.2) is 44.1 Å².